The Hall–Kier alpha value is 0.404. The van der Waals surface area contributed by atoms with Crippen molar-refractivity contribution in [1.82, 2.24) is 0 Å². The molecule has 0 bridgehead atoms. The van der Waals surface area contributed by atoms with E-state index < -0.39 is 11.0 Å². The van der Waals surface area contributed by atoms with Crippen LogP contribution in [0.5, 0.6) is 0 Å². The molecule has 0 aliphatic heterocycles. The predicted octanol–water partition coefficient (Wildman–Crippen LogP) is 0.245. The first-order valence-electron chi connectivity index (χ1n) is 1.50. The van der Waals surface area contributed by atoms with Crippen LogP contribution in [0.1, 0.15) is 6.92 Å². The Morgan fingerprint density at radius 1 is 1.57 bits per heavy atom. The fourth-order valence-corrected chi connectivity index (χ4v) is 0.289. The summed E-state index contributed by atoms with van der Waals surface area (Å²) >= 11 is 0. The van der Waals surface area contributed by atoms with Crippen LogP contribution in [0.25, 0.3) is 0 Å². The van der Waals surface area contributed by atoms with Crippen LogP contribution in [0.2, 0.25) is 0 Å². The SMILES string of the molecule is CCO[S-](=O)=O.[Ni]. The van der Waals surface area contributed by atoms with Crippen molar-refractivity contribution < 1.29 is 29.1 Å². The first-order chi connectivity index (χ1) is 2.77. The molecule has 0 aromatic carbocycles. The molecule has 0 amide bonds. The van der Waals surface area contributed by atoms with E-state index in [9.17, 15) is 8.42 Å². The average molecular weight is 168 g/mol. The van der Waals surface area contributed by atoms with Gasteiger partial charge >= 0.3 is 0 Å². The van der Waals surface area contributed by atoms with Gasteiger partial charge in [-0.05, 0) is 6.92 Å². The third-order valence-corrected chi connectivity index (χ3v) is 0.642. The predicted molar refractivity (Wildman–Crippen MR) is 20.4 cm³/mol. The molecule has 0 atom stereocenters. The Bertz CT molecular complexity index is 80.9. The summed E-state index contributed by atoms with van der Waals surface area (Å²) in [5.41, 5.74) is 0. The molecule has 0 aromatic heterocycles. The molecule has 0 saturated heterocycles. The van der Waals surface area contributed by atoms with Crippen LogP contribution < -0.4 is 0 Å². The molecular weight excluding hydrogens is 163 g/mol. The Morgan fingerprint density at radius 3 is 2.00 bits per heavy atom. The molecule has 0 N–H and O–H groups in total. The van der Waals surface area contributed by atoms with E-state index in [-0.39, 0.29) is 23.1 Å². The van der Waals surface area contributed by atoms with Gasteiger partial charge in [-0.25, -0.2) is 0 Å². The van der Waals surface area contributed by atoms with E-state index in [1.54, 1.807) is 6.92 Å². The monoisotopic (exact) mass is 167 g/mol. The van der Waals surface area contributed by atoms with E-state index in [2.05, 4.69) is 4.18 Å². The van der Waals surface area contributed by atoms with Gasteiger partial charge < -0.3 is 12.6 Å². The summed E-state index contributed by atoms with van der Waals surface area (Å²) in [5.74, 6) is 0. The first kappa shape index (κ1) is 10.4. The maximum absolute atomic E-state index is 9.38. The van der Waals surface area contributed by atoms with E-state index in [1.807, 2.05) is 0 Å². The number of hydrogen-bond acceptors (Lipinski definition) is 4. The van der Waals surface area contributed by atoms with Gasteiger partial charge in [-0.3, -0.25) is 0 Å². The second-order valence-electron chi connectivity index (χ2n) is 0.611. The maximum atomic E-state index is 9.38. The Kier molecular flexibility index (Phi) is 9.51. The van der Waals surface area contributed by atoms with Crippen LogP contribution in [0.15, 0.2) is 0 Å². The third-order valence-electron chi connectivity index (χ3n) is 0.214. The van der Waals surface area contributed by atoms with Crippen LogP contribution in [0.3, 0.4) is 0 Å². The van der Waals surface area contributed by atoms with Gasteiger partial charge in [0.25, 0.3) is 0 Å². The molecule has 0 unspecified atom stereocenters. The molecule has 5 heteroatoms. The third kappa shape index (κ3) is 10.7. The topological polar surface area (TPSA) is 43.4 Å². The zero-order chi connectivity index (χ0) is 4.99. The first-order valence-corrected chi connectivity index (χ1v) is 2.50. The normalized spacial score (nSPS) is 8.29. The molecule has 0 radical (unpaired) electrons. The van der Waals surface area contributed by atoms with Gasteiger partial charge in [0.2, 0.25) is 0 Å². The Morgan fingerprint density at radius 2 is 2.00 bits per heavy atom. The summed E-state index contributed by atoms with van der Waals surface area (Å²) in [5, 5.41) is 0. The summed E-state index contributed by atoms with van der Waals surface area (Å²) < 4.78 is 22.7. The summed E-state index contributed by atoms with van der Waals surface area (Å²) in [7, 11) is -2.32. The maximum Gasteiger partial charge on any atom is 0.0520 e. The van der Waals surface area contributed by atoms with Gasteiger partial charge in [0, 0.05) is 23.1 Å². The van der Waals surface area contributed by atoms with Crippen molar-refractivity contribution in [3.8, 4) is 0 Å². The van der Waals surface area contributed by atoms with Gasteiger partial charge in [0.15, 0.2) is 0 Å². The Labute approximate surface area is 54.1 Å². The van der Waals surface area contributed by atoms with E-state index in [4.69, 9.17) is 0 Å². The van der Waals surface area contributed by atoms with Crippen molar-refractivity contribution in [2.75, 3.05) is 6.61 Å². The minimum Gasteiger partial charge on any atom is -0.424 e. The second kappa shape index (κ2) is 6.40. The molecule has 0 aromatic rings. The van der Waals surface area contributed by atoms with Gasteiger partial charge in [-0.2, -0.15) is 0 Å². The van der Waals surface area contributed by atoms with Crippen molar-refractivity contribution in [1.29, 1.82) is 0 Å². The molecular formula is C2H5NiO3S-. The average Bonchev–Trinajstić information content (AvgIpc) is 1.35. The van der Waals surface area contributed by atoms with E-state index in [0.29, 0.717) is 0 Å². The Balaban J connectivity index is 0. The van der Waals surface area contributed by atoms with E-state index in [0.717, 1.165) is 0 Å². The zero-order valence-electron chi connectivity index (χ0n) is 3.66. The van der Waals surface area contributed by atoms with Gasteiger partial charge in [-0.1, -0.05) is 0 Å². The molecule has 0 spiro atoms. The van der Waals surface area contributed by atoms with Gasteiger partial charge in [0.05, 0.1) is 11.0 Å². The fraction of sp³-hybridized carbons (Fsp3) is 1.00. The molecule has 0 heterocycles. The van der Waals surface area contributed by atoms with Gasteiger partial charge in [0.1, 0.15) is 0 Å². The van der Waals surface area contributed by atoms with Crippen LogP contribution in [-0.2, 0) is 40.1 Å². The molecule has 3 nitrogen and oxygen atoms in total. The molecule has 0 fully saturated rings. The van der Waals surface area contributed by atoms with Crippen molar-refractivity contribution in [3.05, 3.63) is 0 Å². The molecule has 0 aliphatic rings. The van der Waals surface area contributed by atoms with Crippen molar-refractivity contribution in [2.24, 2.45) is 0 Å². The molecule has 0 saturated carbocycles. The molecule has 0 aliphatic carbocycles. The van der Waals surface area contributed by atoms with Crippen molar-refractivity contribution in [2.45, 2.75) is 6.92 Å². The zero-order valence-corrected chi connectivity index (χ0v) is 5.46. The summed E-state index contributed by atoms with van der Waals surface area (Å²) in [6, 6.07) is 0. The molecule has 7 heavy (non-hydrogen) atoms. The van der Waals surface area contributed by atoms with Crippen LogP contribution >= 0.6 is 0 Å². The van der Waals surface area contributed by atoms with Crippen molar-refractivity contribution >= 4 is 11.0 Å². The minimum absolute atomic E-state index is 0. The molecule has 48 valence electrons. The summed E-state index contributed by atoms with van der Waals surface area (Å²) in [6.07, 6.45) is 0. The standard InChI is InChI=1S/C2H5O3S.Ni/c1-2-5-6(3)4;/h2H2,1H3;/q-1;. The van der Waals surface area contributed by atoms with Crippen LogP contribution in [0, 0.1) is 0 Å². The van der Waals surface area contributed by atoms with E-state index >= 15 is 0 Å². The molecule has 0 rings (SSSR count). The second-order valence-corrected chi connectivity index (χ2v) is 1.25. The van der Waals surface area contributed by atoms with Crippen molar-refractivity contribution in [3.63, 3.8) is 0 Å². The summed E-state index contributed by atoms with van der Waals surface area (Å²) in [6.45, 7) is 1.83. The quantitative estimate of drug-likeness (QED) is 0.438. The largest absolute Gasteiger partial charge is 0.424 e. The minimum atomic E-state index is -2.32. The number of hydrogen-bond donors (Lipinski definition) is 0. The van der Waals surface area contributed by atoms with Gasteiger partial charge in [-0.15, -0.1) is 0 Å². The van der Waals surface area contributed by atoms with Crippen LogP contribution in [0.4, 0.5) is 0 Å². The van der Waals surface area contributed by atoms with E-state index in [1.165, 1.54) is 0 Å². The fourth-order valence-electron chi connectivity index (χ4n) is 0.0962. The van der Waals surface area contributed by atoms with Crippen LogP contribution in [-0.4, -0.2) is 6.61 Å². The number of rotatable bonds is 2. The smallest absolute Gasteiger partial charge is 0.0520 e. The summed E-state index contributed by atoms with van der Waals surface area (Å²) in [4.78, 5) is 0.